The van der Waals surface area contributed by atoms with Gasteiger partial charge in [0.1, 0.15) is 0 Å². The minimum atomic E-state index is -0.132. The molecule has 2 heteroatoms. The number of hydrogen-bond acceptors (Lipinski definition) is 2. The summed E-state index contributed by atoms with van der Waals surface area (Å²) in [6, 6.07) is 8.91. The summed E-state index contributed by atoms with van der Waals surface area (Å²) in [4.78, 5) is 2.35. The first-order valence-electron chi connectivity index (χ1n) is 6.95. The molecule has 0 spiro atoms. The molecule has 1 fully saturated rings. The number of nitrogens with zero attached hydrogens (tertiary/aromatic N) is 1. The minimum absolute atomic E-state index is 0.132. The standard InChI is InChI=1S/C16H25NO/c1-16(2,3)14-8-6-13(7-9-14)11-17-10-4-5-15(18)12-17/h6-9,15,18H,4-5,10-12H2,1-3H3. The van der Waals surface area contributed by atoms with Gasteiger partial charge in [-0.3, -0.25) is 4.90 Å². The van der Waals surface area contributed by atoms with Gasteiger partial charge in [-0.05, 0) is 35.9 Å². The zero-order chi connectivity index (χ0) is 13.2. The summed E-state index contributed by atoms with van der Waals surface area (Å²) in [7, 11) is 0. The molecule has 2 rings (SSSR count). The maximum Gasteiger partial charge on any atom is 0.0667 e. The lowest BCUT2D eigenvalue weighted by Crippen LogP contribution is -2.37. The van der Waals surface area contributed by atoms with Gasteiger partial charge in [-0.15, -0.1) is 0 Å². The first-order chi connectivity index (χ1) is 8.45. The van der Waals surface area contributed by atoms with E-state index in [4.69, 9.17) is 0 Å². The Hall–Kier alpha value is -0.860. The summed E-state index contributed by atoms with van der Waals surface area (Å²) in [5, 5.41) is 9.67. The third-order valence-corrected chi connectivity index (χ3v) is 3.71. The first kappa shape index (κ1) is 13.6. The minimum Gasteiger partial charge on any atom is -0.392 e. The van der Waals surface area contributed by atoms with E-state index in [1.807, 2.05) is 0 Å². The number of β-amino-alcohol motifs (C(OH)–C–C–N with tert-alkyl or cyclic N) is 1. The average molecular weight is 247 g/mol. The molecule has 1 heterocycles. The summed E-state index contributed by atoms with van der Waals surface area (Å²) < 4.78 is 0. The predicted molar refractivity (Wildman–Crippen MR) is 75.7 cm³/mol. The topological polar surface area (TPSA) is 23.5 Å². The van der Waals surface area contributed by atoms with Gasteiger partial charge in [0.25, 0.3) is 0 Å². The largest absolute Gasteiger partial charge is 0.392 e. The molecule has 0 bridgehead atoms. The van der Waals surface area contributed by atoms with Crippen molar-refractivity contribution in [1.82, 2.24) is 4.90 Å². The summed E-state index contributed by atoms with van der Waals surface area (Å²) in [6.07, 6.45) is 1.94. The van der Waals surface area contributed by atoms with Crippen LogP contribution >= 0.6 is 0 Å². The summed E-state index contributed by atoms with van der Waals surface area (Å²) in [5.41, 5.74) is 2.95. The van der Waals surface area contributed by atoms with Crippen LogP contribution in [-0.2, 0) is 12.0 Å². The highest BCUT2D eigenvalue weighted by Gasteiger charge is 2.18. The highest BCUT2D eigenvalue weighted by Crippen LogP contribution is 2.23. The Morgan fingerprint density at radius 3 is 2.44 bits per heavy atom. The third kappa shape index (κ3) is 3.56. The lowest BCUT2D eigenvalue weighted by atomic mass is 9.86. The van der Waals surface area contributed by atoms with Crippen LogP contribution in [0.1, 0.15) is 44.7 Å². The number of rotatable bonds is 2. The lowest BCUT2D eigenvalue weighted by Gasteiger charge is -2.30. The van der Waals surface area contributed by atoms with Crippen LogP contribution in [0.2, 0.25) is 0 Å². The average Bonchev–Trinajstić information content (AvgIpc) is 2.28. The van der Waals surface area contributed by atoms with Crippen molar-refractivity contribution in [2.24, 2.45) is 0 Å². The van der Waals surface area contributed by atoms with Gasteiger partial charge in [0.15, 0.2) is 0 Å². The van der Waals surface area contributed by atoms with Gasteiger partial charge in [-0.2, -0.15) is 0 Å². The Labute approximate surface area is 111 Å². The van der Waals surface area contributed by atoms with Crippen LogP contribution < -0.4 is 0 Å². The van der Waals surface area contributed by atoms with Gasteiger partial charge in [-0.1, -0.05) is 45.0 Å². The highest BCUT2D eigenvalue weighted by molar-refractivity contribution is 5.27. The van der Waals surface area contributed by atoms with Crippen LogP contribution in [0.25, 0.3) is 0 Å². The molecule has 1 atom stereocenters. The molecule has 18 heavy (non-hydrogen) atoms. The van der Waals surface area contributed by atoms with Crippen LogP contribution in [0.3, 0.4) is 0 Å². The molecule has 1 unspecified atom stereocenters. The van der Waals surface area contributed by atoms with Crippen molar-refractivity contribution in [3.8, 4) is 0 Å². The first-order valence-corrected chi connectivity index (χ1v) is 6.95. The zero-order valence-corrected chi connectivity index (χ0v) is 11.8. The Kier molecular flexibility index (Phi) is 4.08. The van der Waals surface area contributed by atoms with E-state index >= 15 is 0 Å². The van der Waals surface area contributed by atoms with Gasteiger partial charge in [-0.25, -0.2) is 0 Å². The van der Waals surface area contributed by atoms with Crippen LogP contribution in [0.4, 0.5) is 0 Å². The van der Waals surface area contributed by atoms with E-state index in [1.165, 1.54) is 11.1 Å². The van der Waals surface area contributed by atoms with E-state index in [9.17, 15) is 5.11 Å². The molecular formula is C16H25NO. The summed E-state index contributed by atoms with van der Waals surface area (Å²) in [5.74, 6) is 0. The molecule has 0 amide bonds. The van der Waals surface area contributed by atoms with Crippen LogP contribution in [-0.4, -0.2) is 29.2 Å². The van der Waals surface area contributed by atoms with Gasteiger partial charge >= 0.3 is 0 Å². The molecule has 0 saturated carbocycles. The molecule has 0 radical (unpaired) electrons. The maximum absolute atomic E-state index is 9.67. The molecule has 2 nitrogen and oxygen atoms in total. The SMILES string of the molecule is CC(C)(C)c1ccc(CN2CCCC(O)C2)cc1. The normalized spacial score (nSPS) is 22.1. The van der Waals surface area contributed by atoms with Gasteiger partial charge in [0.2, 0.25) is 0 Å². The highest BCUT2D eigenvalue weighted by atomic mass is 16.3. The van der Waals surface area contributed by atoms with Crippen molar-refractivity contribution in [3.63, 3.8) is 0 Å². The molecule has 1 aliphatic heterocycles. The molecule has 1 saturated heterocycles. The number of hydrogen-bond donors (Lipinski definition) is 1. The van der Waals surface area contributed by atoms with Crippen LogP contribution in [0.15, 0.2) is 24.3 Å². The molecule has 0 aromatic heterocycles. The number of aliphatic hydroxyl groups is 1. The lowest BCUT2D eigenvalue weighted by molar-refractivity contribution is 0.0668. The summed E-state index contributed by atoms with van der Waals surface area (Å²) in [6.45, 7) is 9.61. The molecule has 0 aliphatic carbocycles. The van der Waals surface area contributed by atoms with E-state index in [0.29, 0.717) is 0 Å². The van der Waals surface area contributed by atoms with Crippen molar-refractivity contribution in [1.29, 1.82) is 0 Å². The number of piperidine rings is 1. The molecular weight excluding hydrogens is 222 g/mol. The predicted octanol–water partition coefficient (Wildman–Crippen LogP) is 2.94. The second-order valence-electron chi connectivity index (χ2n) is 6.48. The van der Waals surface area contributed by atoms with Crippen molar-refractivity contribution in [2.75, 3.05) is 13.1 Å². The quantitative estimate of drug-likeness (QED) is 0.868. The van der Waals surface area contributed by atoms with E-state index < -0.39 is 0 Å². The van der Waals surface area contributed by atoms with Gasteiger partial charge < -0.3 is 5.11 Å². The fourth-order valence-corrected chi connectivity index (χ4v) is 2.54. The number of likely N-dealkylation sites (tertiary alicyclic amines) is 1. The zero-order valence-electron chi connectivity index (χ0n) is 11.8. The molecule has 1 aromatic rings. The number of aliphatic hydroxyl groups excluding tert-OH is 1. The molecule has 1 aliphatic rings. The van der Waals surface area contributed by atoms with Crippen molar-refractivity contribution in [2.45, 2.75) is 51.7 Å². The van der Waals surface area contributed by atoms with Crippen molar-refractivity contribution >= 4 is 0 Å². The summed E-state index contributed by atoms with van der Waals surface area (Å²) >= 11 is 0. The Morgan fingerprint density at radius 2 is 1.89 bits per heavy atom. The molecule has 1 N–H and O–H groups in total. The van der Waals surface area contributed by atoms with Gasteiger partial charge in [0, 0.05) is 13.1 Å². The Morgan fingerprint density at radius 1 is 1.22 bits per heavy atom. The van der Waals surface area contributed by atoms with E-state index in [0.717, 1.165) is 32.5 Å². The van der Waals surface area contributed by atoms with Crippen molar-refractivity contribution < 1.29 is 5.11 Å². The second-order valence-corrected chi connectivity index (χ2v) is 6.48. The van der Waals surface area contributed by atoms with Crippen molar-refractivity contribution in [3.05, 3.63) is 35.4 Å². The Balaban J connectivity index is 1.98. The van der Waals surface area contributed by atoms with Gasteiger partial charge in [0.05, 0.1) is 6.10 Å². The monoisotopic (exact) mass is 247 g/mol. The van der Waals surface area contributed by atoms with E-state index in [1.54, 1.807) is 0 Å². The third-order valence-electron chi connectivity index (χ3n) is 3.71. The molecule has 100 valence electrons. The fraction of sp³-hybridized carbons (Fsp3) is 0.625. The van der Waals surface area contributed by atoms with Crippen LogP contribution in [0, 0.1) is 0 Å². The van der Waals surface area contributed by atoms with E-state index in [-0.39, 0.29) is 11.5 Å². The van der Waals surface area contributed by atoms with E-state index in [2.05, 4.69) is 49.9 Å². The van der Waals surface area contributed by atoms with Crippen LogP contribution in [0.5, 0.6) is 0 Å². The maximum atomic E-state index is 9.67. The second kappa shape index (κ2) is 5.41. The fourth-order valence-electron chi connectivity index (χ4n) is 2.54. The Bertz CT molecular complexity index is 377. The smallest absolute Gasteiger partial charge is 0.0667 e. The molecule has 1 aromatic carbocycles. The number of benzene rings is 1.